The van der Waals surface area contributed by atoms with Crippen molar-refractivity contribution in [3.63, 3.8) is 0 Å². The molecule has 26 heavy (non-hydrogen) atoms. The Balaban J connectivity index is 1.85. The maximum absolute atomic E-state index is 12.8. The molecular weight excluding hydrogens is 338 g/mol. The van der Waals surface area contributed by atoms with Crippen LogP contribution in [-0.4, -0.2) is 59.5 Å². The summed E-state index contributed by atoms with van der Waals surface area (Å²) in [5, 5.41) is 9.94. The van der Waals surface area contributed by atoms with Crippen LogP contribution in [0.2, 0.25) is 0 Å². The number of aliphatic hydroxyl groups is 1. The maximum atomic E-state index is 12.8. The molecule has 4 rings (SSSR count). The van der Waals surface area contributed by atoms with Crippen molar-refractivity contribution >= 4 is 16.8 Å². The van der Waals surface area contributed by atoms with E-state index < -0.39 is 12.0 Å². The highest BCUT2D eigenvalue weighted by atomic mass is 16.5. The van der Waals surface area contributed by atoms with Gasteiger partial charge in [-0.15, -0.1) is 0 Å². The van der Waals surface area contributed by atoms with Crippen molar-refractivity contribution in [3.05, 3.63) is 39.7 Å². The number of morpholine rings is 1. The zero-order valence-corrected chi connectivity index (χ0v) is 14.3. The van der Waals surface area contributed by atoms with Crippen LogP contribution in [0.3, 0.4) is 0 Å². The highest BCUT2D eigenvalue weighted by Gasteiger charge is 2.25. The van der Waals surface area contributed by atoms with Gasteiger partial charge in [0.15, 0.2) is 0 Å². The Labute approximate surface area is 149 Å². The predicted octanol–water partition coefficient (Wildman–Crippen LogP) is -0.314. The van der Waals surface area contributed by atoms with Crippen LogP contribution in [0.1, 0.15) is 15.9 Å². The summed E-state index contributed by atoms with van der Waals surface area (Å²) < 4.78 is 13.0. The van der Waals surface area contributed by atoms with E-state index in [2.05, 4.69) is 4.90 Å². The average Bonchev–Trinajstić information content (AvgIpc) is 2.64. The second-order valence-corrected chi connectivity index (χ2v) is 6.69. The summed E-state index contributed by atoms with van der Waals surface area (Å²) in [6.45, 7) is 3.85. The molecule has 1 amide bonds. The second kappa shape index (κ2) is 6.71. The number of primary amides is 1. The molecule has 0 spiro atoms. The van der Waals surface area contributed by atoms with Crippen molar-refractivity contribution in [2.24, 2.45) is 5.73 Å². The number of amides is 1. The molecule has 1 unspecified atom stereocenters. The topological polar surface area (TPSA) is 107 Å². The lowest BCUT2D eigenvalue weighted by molar-refractivity contribution is 0.0341. The van der Waals surface area contributed by atoms with Crippen molar-refractivity contribution in [1.29, 1.82) is 0 Å². The Morgan fingerprint density at radius 1 is 1.31 bits per heavy atom. The first-order valence-corrected chi connectivity index (χ1v) is 8.64. The van der Waals surface area contributed by atoms with E-state index in [1.54, 1.807) is 4.57 Å². The lowest BCUT2D eigenvalue weighted by Gasteiger charge is -2.29. The van der Waals surface area contributed by atoms with E-state index in [1.165, 1.54) is 6.20 Å². The summed E-state index contributed by atoms with van der Waals surface area (Å²) in [6.07, 6.45) is 1.02. The summed E-state index contributed by atoms with van der Waals surface area (Å²) in [4.78, 5) is 26.7. The second-order valence-electron chi connectivity index (χ2n) is 6.69. The van der Waals surface area contributed by atoms with Crippen LogP contribution in [0, 0.1) is 0 Å². The maximum Gasteiger partial charge on any atom is 0.254 e. The molecule has 8 nitrogen and oxygen atoms in total. The molecule has 1 saturated heterocycles. The molecule has 0 aliphatic carbocycles. The zero-order valence-electron chi connectivity index (χ0n) is 14.3. The molecule has 8 heteroatoms. The Morgan fingerprint density at radius 3 is 2.77 bits per heavy atom. The minimum Gasteiger partial charge on any atom is -0.484 e. The Morgan fingerprint density at radius 2 is 2.08 bits per heavy atom. The molecule has 2 aliphatic heterocycles. The van der Waals surface area contributed by atoms with Crippen molar-refractivity contribution < 1.29 is 19.4 Å². The molecule has 1 aromatic carbocycles. The van der Waals surface area contributed by atoms with E-state index in [-0.39, 0.29) is 17.6 Å². The van der Waals surface area contributed by atoms with E-state index in [9.17, 15) is 14.7 Å². The minimum absolute atomic E-state index is 0.0504. The van der Waals surface area contributed by atoms with E-state index in [4.69, 9.17) is 15.2 Å². The van der Waals surface area contributed by atoms with Gasteiger partial charge < -0.3 is 24.9 Å². The summed E-state index contributed by atoms with van der Waals surface area (Å²) in [6, 6.07) is 3.71. The normalized spacial score (nSPS) is 20.1. The largest absolute Gasteiger partial charge is 0.484 e. The lowest BCUT2D eigenvalue weighted by Crippen LogP contribution is -2.36. The Kier molecular flexibility index (Phi) is 4.39. The number of rotatable bonds is 4. The van der Waals surface area contributed by atoms with Crippen LogP contribution in [0.5, 0.6) is 5.75 Å². The third-order valence-electron chi connectivity index (χ3n) is 4.87. The van der Waals surface area contributed by atoms with E-state index in [1.807, 2.05) is 12.1 Å². The fraction of sp³-hybridized carbons (Fsp3) is 0.444. The van der Waals surface area contributed by atoms with Crippen LogP contribution in [0.25, 0.3) is 10.9 Å². The van der Waals surface area contributed by atoms with Gasteiger partial charge in [0.2, 0.25) is 5.43 Å². The molecule has 138 valence electrons. The summed E-state index contributed by atoms with van der Waals surface area (Å²) in [5.41, 5.74) is 6.50. The number of ether oxygens (including phenoxy) is 2. The number of nitrogens with zero attached hydrogens (tertiary/aromatic N) is 2. The van der Waals surface area contributed by atoms with Gasteiger partial charge in [0.25, 0.3) is 5.91 Å². The summed E-state index contributed by atoms with van der Waals surface area (Å²) in [5.74, 6) is -0.211. The number of aliphatic hydroxyl groups excluding tert-OH is 1. The molecule has 1 aromatic heterocycles. The molecule has 3 N–H and O–H groups in total. The molecule has 0 radical (unpaired) electrons. The van der Waals surface area contributed by atoms with Gasteiger partial charge in [0.1, 0.15) is 17.4 Å². The number of hydrogen-bond acceptors (Lipinski definition) is 6. The molecule has 2 aromatic rings. The minimum atomic E-state index is -0.757. The van der Waals surface area contributed by atoms with Gasteiger partial charge >= 0.3 is 0 Å². The first kappa shape index (κ1) is 17.0. The van der Waals surface area contributed by atoms with Crippen LogP contribution in [0.4, 0.5) is 0 Å². The Bertz CT molecular complexity index is 917. The fourth-order valence-electron chi connectivity index (χ4n) is 3.61. The van der Waals surface area contributed by atoms with Gasteiger partial charge in [-0.25, -0.2) is 0 Å². The van der Waals surface area contributed by atoms with Gasteiger partial charge in [-0.05, 0) is 17.7 Å². The third kappa shape index (κ3) is 2.96. The highest BCUT2D eigenvalue weighted by Crippen LogP contribution is 2.31. The molecule has 0 bridgehead atoms. The van der Waals surface area contributed by atoms with Gasteiger partial charge in [-0.3, -0.25) is 14.5 Å². The van der Waals surface area contributed by atoms with E-state index in [0.717, 1.165) is 18.7 Å². The standard InChI is InChI=1S/C18H21N3O5/c19-18(24)14-9-21-8-12(10-22)26-15-6-11(5-13(16(15)21)17(14)23)7-20-1-3-25-4-2-20/h5-6,9,12,22H,1-4,7-8,10H2,(H2,19,24). The van der Waals surface area contributed by atoms with Crippen LogP contribution in [-0.2, 0) is 17.8 Å². The van der Waals surface area contributed by atoms with Crippen LogP contribution >= 0.6 is 0 Å². The number of carbonyl (C=O) groups is 1. The summed E-state index contributed by atoms with van der Waals surface area (Å²) >= 11 is 0. The van der Waals surface area contributed by atoms with Crippen molar-refractivity contribution in [1.82, 2.24) is 9.47 Å². The van der Waals surface area contributed by atoms with Crippen LogP contribution in [0.15, 0.2) is 23.1 Å². The molecular formula is C18H21N3O5. The first-order chi connectivity index (χ1) is 12.6. The van der Waals surface area contributed by atoms with Gasteiger partial charge in [-0.2, -0.15) is 0 Å². The van der Waals surface area contributed by atoms with E-state index >= 15 is 0 Å². The van der Waals surface area contributed by atoms with Crippen molar-refractivity contribution in [2.75, 3.05) is 32.9 Å². The third-order valence-corrected chi connectivity index (χ3v) is 4.87. The monoisotopic (exact) mass is 359 g/mol. The number of hydrogen-bond donors (Lipinski definition) is 2. The number of nitrogens with two attached hydrogens (primary N) is 1. The number of pyridine rings is 1. The summed E-state index contributed by atoms with van der Waals surface area (Å²) in [7, 11) is 0. The number of benzene rings is 1. The SMILES string of the molecule is NC(=O)c1cn2c3c(cc(CN4CCOCC4)cc3c1=O)OC(CO)C2. The Hall–Kier alpha value is -2.42. The van der Waals surface area contributed by atoms with Gasteiger partial charge in [0, 0.05) is 25.8 Å². The average molecular weight is 359 g/mol. The fourth-order valence-corrected chi connectivity index (χ4v) is 3.61. The lowest BCUT2D eigenvalue weighted by atomic mass is 10.0. The van der Waals surface area contributed by atoms with Crippen molar-refractivity contribution in [3.8, 4) is 5.75 Å². The molecule has 0 saturated carbocycles. The zero-order chi connectivity index (χ0) is 18.3. The molecule has 2 aliphatic rings. The number of aromatic nitrogens is 1. The smallest absolute Gasteiger partial charge is 0.254 e. The molecule has 1 fully saturated rings. The number of carbonyl (C=O) groups excluding carboxylic acids is 1. The van der Waals surface area contributed by atoms with Gasteiger partial charge in [-0.1, -0.05) is 0 Å². The van der Waals surface area contributed by atoms with Crippen LogP contribution < -0.4 is 15.9 Å². The van der Waals surface area contributed by atoms with Crippen molar-refractivity contribution in [2.45, 2.75) is 19.2 Å². The molecule has 1 atom stereocenters. The van der Waals surface area contributed by atoms with E-state index in [0.29, 0.717) is 43.0 Å². The quantitative estimate of drug-likeness (QED) is 0.775. The first-order valence-electron chi connectivity index (χ1n) is 8.64. The predicted molar refractivity (Wildman–Crippen MR) is 94.3 cm³/mol. The highest BCUT2D eigenvalue weighted by molar-refractivity contribution is 5.97. The molecule has 3 heterocycles. The van der Waals surface area contributed by atoms with Gasteiger partial charge in [0.05, 0.1) is 37.3 Å².